The fourth-order valence-electron chi connectivity index (χ4n) is 5.15. The summed E-state index contributed by atoms with van der Waals surface area (Å²) in [5.41, 5.74) is 3.31. The predicted octanol–water partition coefficient (Wildman–Crippen LogP) is 4.53. The quantitative estimate of drug-likeness (QED) is 0.184. The van der Waals surface area contributed by atoms with E-state index < -0.39 is 42.1 Å². The molecule has 0 aliphatic heterocycles. The van der Waals surface area contributed by atoms with Gasteiger partial charge in [0, 0.05) is 29.2 Å². The van der Waals surface area contributed by atoms with E-state index in [0.717, 1.165) is 33.6 Å². The van der Waals surface area contributed by atoms with Crippen LogP contribution in [-0.2, 0) is 31.0 Å². The third kappa shape index (κ3) is 6.86. The molecule has 0 aliphatic carbocycles. The number of rotatable bonds is 11. The van der Waals surface area contributed by atoms with Crippen molar-refractivity contribution in [3.8, 4) is 10.4 Å². The highest BCUT2D eigenvalue weighted by atomic mass is 32.1. The van der Waals surface area contributed by atoms with Gasteiger partial charge in [0.25, 0.3) is 5.56 Å². The summed E-state index contributed by atoms with van der Waals surface area (Å²) >= 11 is 1.16. The second-order valence-corrected chi connectivity index (χ2v) is 11.3. The number of carbonyl (C=O) groups is 1. The second-order valence-electron chi connectivity index (χ2n) is 10.3. The van der Waals surface area contributed by atoms with Crippen molar-refractivity contribution in [2.24, 2.45) is 0 Å². The van der Waals surface area contributed by atoms with E-state index in [-0.39, 0.29) is 22.3 Å². The van der Waals surface area contributed by atoms with Crippen molar-refractivity contribution in [3.63, 3.8) is 0 Å². The Bertz CT molecular complexity index is 1920. The summed E-state index contributed by atoms with van der Waals surface area (Å²) in [7, 11) is 3.22. The van der Waals surface area contributed by atoms with Crippen molar-refractivity contribution < 1.29 is 23.5 Å². The Morgan fingerprint density at radius 1 is 0.933 bits per heavy atom. The van der Waals surface area contributed by atoms with Crippen LogP contribution in [0.1, 0.15) is 16.7 Å². The van der Waals surface area contributed by atoms with Crippen LogP contribution in [0.5, 0.6) is 0 Å². The lowest BCUT2D eigenvalue weighted by Gasteiger charge is -2.18. The number of urea groups is 1. The van der Waals surface area contributed by atoms with Gasteiger partial charge in [-0.25, -0.2) is 23.9 Å². The van der Waals surface area contributed by atoms with Crippen LogP contribution in [0.15, 0.2) is 82.4 Å². The van der Waals surface area contributed by atoms with E-state index in [9.17, 15) is 28.3 Å². The van der Waals surface area contributed by atoms with Crippen molar-refractivity contribution in [3.05, 3.63) is 122 Å². The lowest BCUT2D eigenvalue weighted by atomic mass is 10.1. The molecule has 234 valence electrons. The van der Waals surface area contributed by atoms with Crippen LogP contribution >= 0.6 is 11.3 Å². The number of thiophene rings is 1. The zero-order valence-electron chi connectivity index (χ0n) is 24.5. The van der Waals surface area contributed by atoms with Gasteiger partial charge in [0.05, 0.1) is 32.2 Å². The number of hydrogen-bond acceptors (Lipinski definition) is 7. The Labute approximate surface area is 260 Å². The van der Waals surface area contributed by atoms with E-state index >= 15 is 0 Å². The fourth-order valence-corrected chi connectivity index (χ4v) is 6.46. The van der Waals surface area contributed by atoms with E-state index in [1.807, 2.05) is 42.3 Å². The van der Waals surface area contributed by atoms with Gasteiger partial charge in [0.1, 0.15) is 16.5 Å². The summed E-state index contributed by atoms with van der Waals surface area (Å²) in [5, 5.41) is 12.6. The van der Waals surface area contributed by atoms with Crippen LogP contribution in [0.2, 0.25) is 0 Å². The first kappa shape index (κ1) is 31.7. The molecule has 5 aromatic rings. The highest BCUT2D eigenvalue weighted by Crippen LogP contribution is 2.38. The minimum atomic E-state index is -0.824. The number of nitrogens with one attached hydrogen (secondary N) is 2. The number of aromatic nitrogens is 2. The third-order valence-electron chi connectivity index (χ3n) is 7.18. The highest BCUT2D eigenvalue weighted by Gasteiger charge is 2.25. The number of fused-ring (bicyclic) bond motifs is 1. The van der Waals surface area contributed by atoms with Gasteiger partial charge >= 0.3 is 11.7 Å². The molecule has 0 saturated heterocycles. The Hall–Kier alpha value is -4.69. The van der Waals surface area contributed by atoms with E-state index in [1.54, 1.807) is 24.3 Å². The molecule has 3 aromatic carbocycles. The standard InChI is InChI=1S/C32H31F2N5O5S/c1-37(17-20-7-4-3-5-8-20)18-24-27-29(41)38(15-16-40)32(43)39(19-23-25(33)9-6-10-26(23)34)30(27)45-28(24)21-11-13-22(14-12-21)35-31(42)36-44-2/h3-14,40H,15-19H2,1-2H3,(H2,35,36,42). The topological polar surface area (TPSA) is 118 Å². The average molecular weight is 636 g/mol. The molecule has 45 heavy (non-hydrogen) atoms. The maximum absolute atomic E-state index is 14.8. The minimum Gasteiger partial charge on any atom is -0.395 e. The highest BCUT2D eigenvalue weighted by molar-refractivity contribution is 7.22. The maximum atomic E-state index is 14.8. The van der Waals surface area contributed by atoms with Crippen molar-refractivity contribution in [1.29, 1.82) is 0 Å². The molecule has 0 unspecified atom stereocenters. The lowest BCUT2D eigenvalue weighted by molar-refractivity contribution is 0.114. The molecule has 0 aliphatic rings. The molecule has 5 rings (SSSR count). The van der Waals surface area contributed by atoms with Crippen LogP contribution in [-0.4, -0.2) is 45.9 Å². The zero-order chi connectivity index (χ0) is 32.1. The van der Waals surface area contributed by atoms with Crippen molar-refractivity contribution in [2.45, 2.75) is 26.2 Å². The lowest BCUT2D eigenvalue weighted by Crippen LogP contribution is -2.41. The summed E-state index contributed by atoms with van der Waals surface area (Å²) in [6, 6.07) is 19.5. The molecule has 2 amide bonds. The van der Waals surface area contributed by atoms with Crippen molar-refractivity contribution in [1.82, 2.24) is 19.5 Å². The largest absolute Gasteiger partial charge is 0.395 e. The Morgan fingerprint density at radius 3 is 2.27 bits per heavy atom. The van der Waals surface area contributed by atoms with E-state index in [1.165, 1.54) is 17.7 Å². The molecule has 10 nitrogen and oxygen atoms in total. The van der Waals surface area contributed by atoms with Gasteiger partial charge in [-0.3, -0.25) is 23.7 Å². The molecule has 2 aromatic heterocycles. The number of carbonyl (C=O) groups excluding carboxylic acids is 1. The molecular weight excluding hydrogens is 604 g/mol. The first-order valence-corrected chi connectivity index (χ1v) is 14.8. The summed E-state index contributed by atoms with van der Waals surface area (Å²) in [4.78, 5) is 47.1. The van der Waals surface area contributed by atoms with Gasteiger partial charge in [-0.2, -0.15) is 0 Å². The molecule has 0 fully saturated rings. The van der Waals surface area contributed by atoms with E-state index in [2.05, 4.69) is 15.6 Å². The SMILES string of the molecule is CONC(=O)Nc1ccc(-c2sc3c(c2CN(C)Cc2ccccc2)c(=O)n(CCO)c(=O)n3Cc2c(F)cccc2F)cc1. The molecule has 3 N–H and O–H groups in total. The van der Waals surface area contributed by atoms with Crippen molar-refractivity contribution >= 4 is 33.3 Å². The maximum Gasteiger partial charge on any atom is 0.343 e. The molecular formula is C32H31F2N5O5S. The number of anilines is 1. The molecule has 0 spiro atoms. The average Bonchev–Trinajstić information content (AvgIpc) is 3.38. The number of amides is 2. The summed E-state index contributed by atoms with van der Waals surface area (Å²) in [6.07, 6.45) is 0. The number of nitrogens with zero attached hydrogens (tertiary/aromatic N) is 3. The summed E-state index contributed by atoms with van der Waals surface area (Å²) < 4.78 is 31.7. The van der Waals surface area contributed by atoms with Gasteiger partial charge < -0.3 is 10.4 Å². The van der Waals surface area contributed by atoms with E-state index in [0.29, 0.717) is 34.8 Å². The number of hydrogen-bond donors (Lipinski definition) is 3. The normalized spacial score (nSPS) is 11.3. The Kier molecular flexibility index (Phi) is 9.83. The van der Waals surface area contributed by atoms with Gasteiger partial charge in [-0.1, -0.05) is 48.5 Å². The number of aliphatic hydroxyl groups excluding tert-OH is 1. The first-order chi connectivity index (χ1) is 21.7. The summed E-state index contributed by atoms with van der Waals surface area (Å²) in [5.74, 6) is -1.65. The second kappa shape index (κ2) is 13.9. The Morgan fingerprint density at radius 2 is 1.62 bits per heavy atom. The van der Waals surface area contributed by atoms with Crippen LogP contribution in [0, 0.1) is 11.6 Å². The molecule has 13 heteroatoms. The smallest absolute Gasteiger partial charge is 0.343 e. The van der Waals surface area contributed by atoms with Gasteiger partial charge in [-0.05, 0) is 48.0 Å². The Balaban J connectivity index is 1.70. The van der Waals surface area contributed by atoms with Gasteiger partial charge in [0.15, 0.2) is 0 Å². The molecule has 2 heterocycles. The van der Waals surface area contributed by atoms with Crippen LogP contribution in [0.3, 0.4) is 0 Å². The van der Waals surface area contributed by atoms with Crippen LogP contribution in [0.25, 0.3) is 20.7 Å². The third-order valence-corrected chi connectivity index (χ3v) is 8.48. The number of hydroxylamine groups is 1. The van der Waals surface area contributed by atoms with Crippen molar-refractivity contribution in [2.75, 3.05) is 26.1 Å². The van der Waals surface area contributed by atoms with Gasteiger partial charge in [0.2, 0.25) is 0 Å². The molecule has 0 saturated carbocycles. The first-order valence-electron chi connectivity index (χ1n) is 14.0. The monoisotopic (exact) mass is 635 g/mol. The summed E-state index contributed by atoms with van der Waals surface area (Å²) in [6.45, 7) is -0.390. The molecule has 0 atom stereocenters. The van der Waals surface area contributed by atoms with Gasteiger partial charge in [-0.15, -0.1) is 11.3 Å². The molecule has 0 radical (unpaired) electrons. The number of aliphatic hydroxyl groups is 1. The minimum absolute atomic E-state index is 0.224. The fraction of sp³-hybridized carbons (Fsp3) is 0.219. The number of benzene rings is 3. The number of halogens is 2. The van der Waals surface area contributed by atoms with Crippen LogP contribution < -0.4 is 22.0 Å². The predicted molar refractivity (Wildman–Crippen MR) is 169 cm³/mol. The van der Waals surface area contributed by atoms with E-state index in [4.69, 9.17) is 0 Å². The molecule has 0 bridgehead atoms. The zero-order valence-corrected chi connectivity index (χ0v) is 25.4. The van der Waals surface area contributed by atoms with Crippen LogP contribution in [0.4, 0.5) is 19.3 Å².